The predicted octanol–water partition coefficient (Wildman–Crippen LogP) is -0.00890. The van der Waals surface area contributed by atoms with E-state index in [0.29, 0.717) is 12.5 Å². The normalized spacial score (nSPS) is 17.7. The van der Waals surface area contributed by atoms with Crippen LogP contribution in [0.4, 0.5) is 0 Å². The Morgan fingerprint density at radius 2 is 2.40 bits per heavy atom. The Labute approximate surface area is 86.6 Å². The molecule has 6 heteroatoms. The van der Waals surface area contributed by atoms with Gasteiger partial charge in [-0.3, -0.25) is 0 Å². The second-order valence-corrected chi connectivity index (χ2v) is 3.80. The van der Waals surface area contributed by atoms with Crippen LogP contribution in [0.5, 0.6) is 0 Å². The Balaban J connectivity index is 1.92. The lowest BCUT2D eigenvalue weighted by Gasteiger charge is -2.07. The van der Waals surface area contributed by atoms with Crippen LogP contribution in [0.25, 0.3) is 0 Å². The minimum Gasteiger partial charge on any atom is -0.479 e. The third-order valence-corrected chi connectivity index (χ3v) is 2.52. The number of carboxylic acids is 1. The number of aliphatic carboxylic acids is 1. The van der Waals surface area contributed by atoms with Gasteiger partial charge in [-0.1, -0.05) is 0 Å². The first kappa shape index (κ1) is 10.1. The molecule has 6 nitrogen and oxygen atoms in total. The molecule has 1 saturated carbocycles. The summed E-state index contributed by atoms with van der Waals surface area (Å²) in [4.78, 5) is 10.4. The molecule has 1 aromatic rings. The van der Waals surface area contributed by atoms with E-state index in [2.05, 4.69) is 10.2 Å². The maximum Gasteiger partial charge on any atom is 0.332 e. The van der Waals surface area contributed by atoms with Crippen LogP contribution >= 0.6 is 0 Å². The summed E-state index contributed by atoms with van der Waals surface area (Å²) in [5.41, 5.74) is 0. The lowest BCUT2D eigenvalue weighted by atomic mass is 10.2. The van der Waals surface area contributed by atoms with Crippen molar-refractivity contribution in [2.75, 3.05) is 0 Å². The van der Waals surface area contributed by atoms with Crippen LogP contribution in [0.15, 0.2) is 6.33 Å². The molecule has 0 aliphatic heterocycles. The number of aryl methyl sites for hydroxylation is 1. The van der Waals surface area contributed by atoms with Gasteiger partial charge in [0.2, 0.25) is 0 Å². The molecule has 1 heterocycles. The zero-order chi connectivity index (χ0) is 10.8. The van der Waals surface area contributed by atoms with Crippen molar-refractivity contribution < 1.29 is 15.0 Å². The lowest BCUT2D eigenvalue weighted by molar-refractivity contribution is -0.147. The molecule has 1 fully saturated rings. The summed E-state index contributed by atoms with van der Waals surface area (Å²) in [5.74, 6) is 0.207. The first-order valence-electron chi connectivity index (χ1n) is 4.97. The van der Waals surface area contributed by atoms with E-state index in [1.54, 1.807) is 6.33 Å². The number of carbonyl (C=O) groups is 1. The van der Waals surface area contributed by atoms with Gasteiger partial charge in [0.05, 0.1) is 0 Å². The standard InChI is InChI=1S/C9H13N3O3/c13-7(9(14)15)3-4-12-5-10-11-8(12)6-1-2-6/h5-7,13H,1-4H2,(H,14,15). The minimum absolute atomic E-state index is 0.188. The molecule has 1 aliphatic carbocycles. The highest BCUT2D eigenvalue weighted by molar-refractivity contribution is 5.71. The van der Waals surface area contributed by atoms with Gasteiger partial charge < -0.3 is 14.8 Å². The summed E-state index contributed by atoms with van der Waals surface area (Å²) in [7, 11) is 0. The van der Waals surface area contributed by atoms with E-state index in [-0.39, 0.29) is 6.42 Å². The number of aromatic nitrogens is 3. The molecule has 0 radical (unpaired) electrons. The van der Waals surface area contributed by atoms with E-state index in [0.717, 1.165) is 18.7 Å². The summed E-state index contributed by atoms with van der Waals surface area (Å²) in [6, 6.07) is 0. The monoisotopic (exact) mass is 211 g/mol. The molecule has 0 aromatic carbocycles. The summed E-state index contributed by atoms with van der Waals surface area (Å²) in [6.07, 6.45) is 2.72. The zero-order valence-corrected chi connectivity index (χ0v) is 8.20. The van der Waals surface area contributed by atoms with E-state index in [1.807, 2.05) is 4.57 Å². The Hall–Kier alpha value is -1.43. The fourth-order valence-corrected chi connectivity index (χ4v) is 1.48. The smallest absolute Gasteiger partial charge is 0.332 e. The third kappa shape index (κ3) is 2.33. The topological polar surface area (TPSA) is 88.2 Å². The maximum absolute atomic E-state index is 10.4. The van der Waals surface area contributed by atoms with Crippen LogP contribution in [0, 0.1) is 0 Å². The molecule has 0 amide bonds. The molecular weight excluding hydrogens is 198 g/mol. The fourth-order valence-electron chi connectivity index (χ4n) is 1.48. The fraction of sp³-hybridized carbons (Fsp3) is 0.667. The van der Waals surface area contributed by atoms with Crippen LogP contribution in [0.3, 0.4) is 0 Å². The quantitative estimate of drug-likeness (QED) is 0.715. The highest BCUT2D eigenvalue weighted by Gasteiger charge is 2.28. The molecule has 1 aliphatic rings. The largest absolute Gasteiger partial charge is 0.479 e. The van der Waals surface area contributed by atoms with E-state index < -0.39 is 12.1 Å². The van der Waals surface area contributed by atoms with E-state index in [1.165, 1.54) is 0 Å². The Morgan fingerprint density at radius 1 is 1.67 bits per heavy atom. The first-order chi connectivity index (χ1) is 7.18. The molecule has 15 heavy (non-hydrogen) atoms. The molecule has 82 valence electrons. The zero-order valence-electron chi connectivity index (χ0n) is 8.20. The molecule has 0 bridgehead atoms. The molecule has 2 rings (SSSR count). The van der Waals surface area contributed by atoms with Gasteiger partial charge in [-0.05, 0) is 12.8 Å². The maximum atomic E-state index is 10.4. The highest BCUT2D eigenvalue weighted by Crippen LogP contribution is 2.38. The molecule has 1 unspecified atom stereocenters. The minimum atomic E-state index is -1.31. The van der Waals surface area contributed by atoms with Crippen molar-refractivity contribution in [1.29, 1.82) is 0 Å². The molecule has 0 saturated heterocycles. The van der Waals surface area contributed by atoms with Crippen LogP contribution in [0.1, 0.15) is 31.0 Å². The molecule has 0 spiro atoms. The van der Waals surface area contributed by atoms with Crippen LogP contribution in [-0.4, -0.2) is 37.1 Å². The molecule has 1 atom stereocenters. The van der Waals surface area contributed by atoms with Gasteiger partial charge in [0, 0.05) is 18.9 Å². The Morgan fingerprint density at radius 3 is 3.00 bits per heavy atom. The van der Waals surface area contributed by atoms with Gasteiger partial charge in [0.15, 0.2) is 6.10 Å². The molecule has 1 aromatic heterocycles. The van der Waals surface area contributed by atoms with Crippen molar-refractivity contribution in [1.82, 2.24) is 14.8 Å². The number of rotatable bonds is 5. The summed E-state index contributed by atoms with van der Waals surface area (Å²) < 4.78 is 1.82. The number of aliphatic hydroxyl groups is 1. The average molecular weight is 211 g/mol. The van der Waals surface area contributed by atoms with E-state index >= 15 is 0 Å². The summed E-state index contributed by atoms with van der Waals surface area (Å²) in [5, 5.41) is 25.4. The predicted molar refractivity (Wildman–Crippen MR) is 50.3 cm³/mol. The first-order valence-corrected chi connectivity index (χ1v) is 4.97. The van der Waals surface area contributed by atoms with Crippen molar-refractivity contribution >= 4 is 5.97 Å². The van der Waals surface area contributed by atoms with Crippen molar-refractivity contribution in [3.8, 4) is 0 Å². The molecular formula is C9H13N3O3. The Kier molecular flexibility index (Phi) is 2.68. The van der Waals surface area contributed by atoms with Crippen molar-refractivity contribution in [2.45, 2.75) is 37.8 Å². The van der Waals surface area contributed by atoms with Crippen molar-refractivity contribution in [3.05, 3.63) is 12.2 Å². The van der Waals surface area contributed by atoms with Crippen LogP contribution < -0.4 is 0 Å². The number of nitrogens with zero attached hydrogens (tertiary/aromatic N) is 3. The molecule has 2 N–H and O–H groups in total. The highest BCUT2D eigenvalue weighted by atomic mass is 16.4. The average Bonchev–Trinajstić information content (AvgIpc) is 2.94. The summed E-state index contributed by atoms with van der Waals surface area (Å²) >= 11 is 0. The van der Waals surface area contributed by atoms with Gasteiger partial charge in [0.1, 0.15) is 12.2 Å². The van der Waals surface area contributed by atoms with Crippen molar-refractivity contribution in [2.24, 2.45) is 0 Å². The van der Waals surface area contributed by atoms with Gasteiger partial charge in [-0.15, -0.1) is 10.2 Å². The second kappa shape index (κ2) is 3.98. The number of carboxylic acid groups (broad SMARTS) is 1. The van der Waals surface area contributed by atoms with E-state index in [4.69, 9.17) is 10.2 Å². The lowest BCUT2D eigenvalue weighted by Crippen LogP contribution is -2.21. The number of aliphatic hydroxyl groups excluding tert-OH is 1. The third-order valence-electron chi connectivity index (χ3n) is 2.52. The van der Waals surface area contributed by atoms with Crippen LogP contribution in [-0.2, 0) is 11.3 Å². The summed E-state index contributed by atoms with van der Waals surface area (Å²) in [6.45, 7) is 0.451. The Bertz CT molecular complexity index is 359. The second-order valence-electron chi connectivity index (χ2n) is 3.80. The van der Waals surface area contributed by atoms with Gasteiger partial charge in [-0.25, -0.2) is 4.79 Å². The van der Waals surface area contributed by atoms with Gasteiger partial charge in [-0.2, -0.15) is 0 Å². The van der Waals surface area contributed by atoms with Crippen LogP contribution in [0.2, 0.25) is 0 Å². The van der Waals surface area contributed by atoms with Crippen molar-refractivity contribution in [3.63, 3.8) is 0 Å². The number of hydrogen-bond donors (Lipinski definition) is 2. The van der Waals surface area contributed by atoms with Gasteiger partial charge in [0.25, 0.3) is 0 Å². The van der Waals surface area contributed by atoms with E-state index in [9.17, 15) is 4.79 Å². The SMILES string of the molecule is O=C(O)C(O)CCn1cnnc1C1CC1. The number of hydrogen-bond acceptors (Lipinski definition) is 4. The van der Waals surface area contributed by atoms with Gasteiger partial charge >= 0.3 is 5.97 Å².